The van der Waals surface area contributed by atoms with E-state index in [1.165, 1.54) is 0 Å². The van der Waals surface area contributed by atoms with E-state index >= 15 is 0 Å². The van der Waals surface area contributed by atoms with Gasteiger partial charge < -0.3 is 5.11 Å². The number of halogens is 6. The van der Waals surface area contributed by atoms with Crippen LogP contribution in [0.25, 0.3) is 0 Å². The second kappa shape index (κ2) is 4.75. The zero-order valence-corrected chi connectivity index (χ0v) is 7.82. The Bertz CT molecular complexity index is 261. The van der Waals surface area contributed by atoms with Gasteiger partial charge in [-0.05, 0) is 0 Å². The minimum atomic E-state index is -4.87. The fraction of sp³-hybridized carbons (Fsp3) is 0.625. The Morgan fingerprint density at radius 1 is 1.06 bits per heavy atom. The molecule has 1 N–H and O–H groups in total. The number of hydrogen-bond donors (Lipinski definition) is 1. The van der Waals surface area contributed by atoms with Gasteiger partial charge in [0.05, 0.1) is 12.8 Å². The van der Waals surface area contributed by atoms with E-state index in [1.807, 2.05) is 0 Å². The average molecular weight is 250 g/mol. The van der Waals surface area contributed by atoms with Gasteiger partial charge in [0.15, 0.2) is 0 Å². The van der Waals surface area contributed by atoms with Crippen molar-refractivity contribution in [1.82, 2.24) is 0 Å². The second-order valence-electron chi connectivity index (χ2n) is 3.17. The maximum atomic E-state index is 11.9. The van der Waals surface area contributed by atoms with Crippen molar-refractivity contribution in [2.24, 2.45) is 5.92 Å². The molecule has 0 aromatic heterocycles. The van der Waals surface area contributed by atoms with Gasteiger partial charge in [-0.15, -0.1) is 0 Å². The van der Waals surface area contributed by atoms with Gasteiger partial charge in [0.2, 0.25) is 0 Å². The number of rotatable bonds is 4. The molecule has 0 saturated heterocycles. The quantitative estimate of drug-likeness (QED) is 0.614. The Morgan fingerprint density at radius 2 is 1.38 bits per heavy atom. The molecule has 0 aromatic rings. The van der Waals surface area contributed by atoms with E-state index in [0.29, 0.717) is 0 Å². The summed E-state index contributed by atoms with van der Waals surface area (Å²) in [6.07, 6.45) is -13.4. The topological polar surface area (TPSA) is 37.3 Å². The maximum absolute atomic E-state index is 11.9. The summed E-state index contributed by atoms with van der Waals surface area (Å²) in [5, 5.41) is 8.31. The van der Waals surface area contributed by atoms with Gasteiger partial charge in [-0.3, -0.25) is 0 Å². The van der Waals surface area contributed by atoms with Crippen LogP contribution in [-0.2, 0) is 4.79 Å². The third-order valence-corrected chi connectivity index (χ3v) is 1.72. The first-order valence-corrected chi connectivity index (χ1v) is 3.98. The van der Waals surface area contributed by atoms with Crippen molar-refractivity contribution >= 4 is 5.97 Å². The molecule has 0 spiro atoms. The lowest BCUT2D eigenvalue weighted by Crippen LogP contribution is -2.25. The number of hydrogen-bond acceptors (Lipinski definition) is 1. The van der Waals surface area contributed by atoms with Crippen LogP contribution < -0.4 is 0 Å². The Kier molecular flexibility index (Phi) is 4.39. The predicted octanol–water partition coefficient (Wildman–Crippen LogP) is 3.15. The zero-order chi connectivity index (χ0) is 13.1. The molecule has 0 amide bonds. The Hall–Kier alpha value is -1.21. The summed E-state index contributed by atoms with van der Waals surface area (Å²) < 4.78 is 71.4. The smallest absolute Gasteiger partial charge is 0.389 e. The number of carboxylic acids is 1. The molecule has 0 radical (unpaired) electrons. The molecule has 0 aliphatic heterocycles. The van der Waals surface area contributed by atoms with Gasteiger partial charge >= 0.3 is 18.3 Å². The SMILES string of the molecule is C=C(C(=O)O)C(CC(F)(F)F)CC(F)(F)F. The molecular formula is C8H8F6O2. The normalized spacial score (nSPS) is 12.9. The van der Waals surface area contributed by atoms with E-state index in [9.17, 15) is 31.1 Å². The highest BCUT2D eigenvalue weighted by atomic mass is 19.4. The van der Waals surface area contributed by atoms with Crippen molar-refractivity contribution in [1.29, 1.82) is 0 Å². The van der Waals surface area contributed by atoms with Crippen LogP contribution in [0.5, 0.6) is 0 Å². The highest BCUT2D eigenvalue weighted by Crippen LogP contribution is 2.36. The number of aliphatic carboxylic acids is 1. The van der Waals surface area contributed by atoms with Crippen molar-refractivity contribution in [2.75, 3.05) is 0 Å². The van der Waals surface area contributed by atoms with Crippen LogP contribution in [0.1, 0.15) is 12.8 Å². The molecule has 94 valence electrons. The standard InChI is InChI=1S/C8H8F6O2/c1-4(6(15)16)5(2-7(9,10)11)3-8(12,13)14/h5H,1-3H2,(H,15,16). The van der Waals surface area contributed by atoms with Gasteiger partial charge in [-0.25, -0.2) is 4.79 Å². The van der Waals surface area contributed by atoms with Crippen LogP contribution in [0.3, 0.4) is 0 Å². The molecule has 0 aromatic carbocycles. The van der Waals surface area contributed by atoms with Gasteiger partial charge in [0, 0.05) is 11.5 Å². The van der Waals surface area contributed by atoms with Crippen LogP contribution in [-0.4, -0.2) is 23.4 Å². The lowest BCUT2D eigenvalue weighted by Gasteiger charge is -2.19. The molecule has 0 atom stereocenters. The van der Waals surface area contributed by atoms with Gasteiger partial charge in [0.1, 0.15) is 0 Å². The Balaban J connectivity index is 4.78. The summed E-state index contributed by atoms with van der Waals surface area (Å²) >= 11 is 0. The van der Waals surface area contributed by atoms with E-state index in [-0.39, 0.29) is 0 Å². The van der Waals surface area contributed by atoms with Gasteiger partial charge in [-0.1, -0.05) is 6.58 Å². The van der Waals surface area contributed by atoms with Crippen molar-refractivity contribution in [3.05, 3.63) is 12.2 Å². The second-order valence-corrected chi connectivity index (χ2v) is 3.17. The van der Waals surface area contributed by atoms with Crippen molar-refractivity contribution in [3.8, 4) is 0 Å². The van der Waals surface area contributed by atoms with E-state index in [1.54, 1.807) is 0 Å². The Morgan fingerprint density at radius 3 is 1.56 bits per heavy atom. The van der Waals surface area contributed by atoms with Crippen LogP contribution in [0.2, 0.25) is 0 Å². The highest BCUT2D eigenvalue weighted by molar-refractivity contribution is 5.86. The van der Waals surface area contributed by atoms with Crippen molar-refractivity contribution < 1.29 is 36.2 Å². The Labute approximate surface area is 86.6 Å². The molecule has 0 aliphatic rings. The lowest BCUT2D eigenvalue weighted by molar-refractivity contribution is -0.169. The van der Waals surface area contributed by atoms with Crippen LogP contribution in [0.15, 0.2) is 12.2 Å². The van der Waals surface area contributed by atoms with Crippen molar-refractivity contribution in [3.63, 3.8) is 0 Å². The average Bonchev–Trinajstić information content (AvgIpc) is 1.95. The molecule has 0 unspecified atom stereocenters. The summed E-state index contributed by atoms with van der Waals surface area (Å²) in [6, 6.07) is 0. The first kappa shape index (κ1) is 14.8. The molecular weight excluding hydrogens is 242 g/mol. The molecule has 0 rings (SSSR count). The summed E-state index contributed by atoms with van der Waals surface area (Å²) in [5.74, 6) is -4.05. The van der Waals surface area contributed by atoms with Crippen LogP contribution in [0, 0.1) is 5.92 Å². The molecule has 0 saturated carbocycles. The summed E-state index contributed by atoms with van der Waals surface area (Å²) in [4.78, 5) is 10.3. The molecule has 0 heterocycles. The van der Waals surface area contributed by atoms with Crippen LogP contribution >= 0.6 is 0 Å². The number of carboxylic acid groups (broad SMARTS) is 1. The van der Waals surface area contributed by atoms with Gasteiger partial charge in [0.25, 0.3) is 0 Å². The van der Waals surface area contributed by atoms with E-state index in [4.69, 9.17) is 5.11 Å². The largest absolute Gasteiger partial charge is 0.478 e. The van der Waals surface area contributed by atoms with E-state index < -0.39 is 42.7 Å². The number of carbonyl (C=O) groups is 1. The minimum Gasteiger partial charge on any atom is -0.478 e. The maximum Gasteiger partial charge on any atom is 0.389 e. The summed E-state index contributed by atoms with van der Waals surface area (Å²) in [7, 11) is 0. The fourth-order valence-electron chi connectivity index (χ4n) is 1.05. The molecule has 0 fully saturated rings. The fourth-order valence-corrected chi connectivity index (χ4v) is 1.05. The molecule has 2 nitrogen and oxygen atoms in total. The first-order chi connectivity index (χ1) is 6.92. The highest BCUT2D eigenvalue weighted by Gasteiger charge is 2.41. The third-order valence-electron chi connectivity index (χ3n) is 1.72. The zero-order valence-electron chi connectivity index (χ0n) is 7.82. The minimum absolute atomic E-state index is 1.09. The lowest BCUT2D eigenvalue weighted by atomic mass is 9.93. The van der Waals surface area contributed by atoms with Crippen molar-refractivity contribution in [2.45, 2.75) is 25.2 Å². The molecule has 8 heteroatoms. The first-order valence-electron chi connectivity index (χ1n) is 3.98. The predicted molar refractivity (Wildman–Crippen MR) is 41.6 cm³/mol. The molecule has 0 aliphatic carbocycles. The molecule has 16 heavy (non-hydrogen) atoms. The summed E-state index contributed by atoms with van der Waals surface area (Å²) in [6.45, 7) is 2.72. The van der Waals surface area contributed by atoms with Gasteiger partial charge in [-0.2, -0.15) is 26.3 Å². The number of alkyl halides is 6. The third kappa shape index (κ3) is 6.31. The van der Waals surface area contributed by atoms with Crippen LogP contribution in [0.4, 0.5) is 26.3 Å². The van der Waals surface area contributed by atoms with E-state index in [0.717, 1.165) is 0 Å². The summed E-state index contributed by atoms with van der Waals surface area (Å²) in [5.41, 5.74) is -1.09. The monoisotopic (exact) mass is 250 g/mol. The van der Waals surface area contributed by atoms with E-state index in [2.05, 4.69) is 6.58 Å². The molecule has 0 bridgehead atoms.